The van der Waals surface area contributed by atoms with Crippen LogP contribution < -0.4 is 0 Å². The van der Waals surface area contributed by atoms with Crippen LogP contribution in [0.5, 0.6) is 0 Å². The molecule has 0 amide bonds. The molecule has 0 N–H and O–H groups in total. The van der Waals surface area contributed by atoms with E-state index in [1.165, 1.54) is 0 Å². The van der Waals surface area contributed by atoms with Crippen LogP contribution in [0.2, 0.25) is 0 Å². The quantitative estimate of drug-likeness (QED) is 0.620. The average molecular weight is 175 g/mol. The minimum Gasteiger partial charge on any atom is -0.304 e. The third-order valence-electron chi connectivity index (χ3n) is 2.65. The van der Waals surface area contributed by atoms with E-state index in [2.05, 4.69) is 13.8 Å². The lowest BCUT2D eigenvalue weighted by molar-refractivity contribution is 0.145. The molecule has 0 spiro atoms. The Balaban J connectivity index is 3.78. The van der Waals surface area contributed by atoms with Crippen LogP contribution in [0.15, 0.2) is 0 Å². The second-order valence-corrected chi connectivity index (χ2v) is 3.97. The average Bonchev–Trinajstić information content (AvgIpc) is 2.02. The predicted molar refractivity (Wildman–Crippen MR) is 52.1 cm³/mol. The smallest absolute Gasteiger partial charge is 0.115 e. The number of alkyl halides is 1. The Morgan fingerprint density at radius 1 is 1.25 bits per heavy atom. The zero-order valence-corrected chi connectivity index (χ0v) is 8.97. The Kier molecular flexibility index (Phi) is 5.47. The predicted octanol–water partition coefficient (Wildman–Crippen LogP) is 2.57. The van der Waals surface area contributed by atoms with E-state index in [-0.39, 0.29) is 5.92 Å². The van der Waals surface area contributed by atoms with Gasteiger partial charge in [-0.2, -0.15) is 0 Å². The second-order valence-electron chi connectivity index (χ2n) is 3.97. The fraction of sp³-hybridized carbons (Fsp3) is 1.00. The van der Waals surface area contributed by atoms with Gasteiger partial charge in [-0.25, -0.2) is 4.39 Å². The Labute approximate surface area is 75.9 Å². The van der Waals surface area contributed by atoms with Crippen LogP contribution in [0.3, 0.4) is 0 Å². The van der Waals surface area contributed by atoms with E-state index in [0.29, 0.717) is 12.5 Å². The second kappa shape index (κ2) is 5.52. The summed E-state index contributed by atoms with van der Waals surface area (Å²) >= 11 is 0. The van der Waals surface area contributed by atoms with Gasteiger partial charge in [0.25, 0.3) is 0 Å². The van der Waals surface area contributed by atoms with Gasteiger partial charge in [0, 0.05) is 6.54 Å². The molecule has 0 radical (unpaired) electrons. The van der Waals surface area contributed by atoms with E-state index in [1.54, 1.807) is 0 Å². The summed E-state index contributed by atoms with van der Waals surface area (Å²) in [7, 11) is 1.96. The maximum absolute atomic E-state index is 13.4. The van der Waals surface area contributed by atoms with Crippen molar-refractivity contribution in [3.05, 3.63) is 0 Å². The van der Waals surface area contributed by atoms with E-state index in [9.17, 15) is 4.39 Å². The molecule has 0 aromatic rings. The summed E-state index contributed by atoms with van der Waals surface area (Å²) in [6, 6.07) is 0. The standard InChI is InChI=1S/C10H22FN/c1-6-12(5)7-10(11)9(4)8(2)3/h8-10H,6-7H2,1-5H3. The normalized spacial score (nSPS) is 17.0. The first-order valence-corrected chi connectivity index (χ1v) is 4.81. The first kappa shape index (κ1) is 11.9. The van der Waals surface area contributed by atoms with Crippen molar-refractivity contribution in [2.45, 2.75) is 33.9 Å². The first-order valence-electron chi connectivity index (χ1n) is 4.81. The summed E-state index contributed by atoms with van der Waals surface area (Å²) in [6.07, 6.45) is -0.685. The molecule has 0 bridgehead atoms. The molecule has 0 aliphatic heterocycles. The molecular weight excluding hydrogens is 153 g/mol. The topological polar surface area (TPSA) is 3.24 Å². The van der Waals surface area contributed by atoms with E-state index < -0.39 is 6.17 Å². The van der Waals surface area contributed by atoms with Crippen molar-refractivity contribution < 1.29 is 4.39 Å². The molecule has 0 aliphatic carbocycles. The molecule has 12 heavy (non-hydrogen) atoms. The SMILES string of the molecule is CCN(C)CC(F)C(C)C(C)C. The third kappa shape index (κ3) is 4.05. The summed E-state index contributed by atoms with van der Waals surface area (Å²) in [4.78, 5) is 2.02. The lowest BCUT2D eigenvalue weighted by atomic mass is 9.93. The Hall–Kier alpha value is -0.110. The molecule has 2 unspecified atom stereocenters. The summed E-state index contributed by atoms with van der Waals surface area (Å²) < 4.78 is 13.4. The lowest BCUT2D eigenvalue weighted by Gasteiger charge is -2.24. The largest absolute Gasteiger partial charge is 0.304 e. The van der Waals surface area contributed by atoms with Crippen molar-refractivity contribution >= 4 is 0 Å². The van der Waals surface area contributed by atoms with Crippen molar-refractivity contribution in [3.8, 4) is 0 Å². The maximum atomic E-state index is 13.4. The van der Waals surface area contributed by atoms with E-state index in [1.807, 2.05) is 25.8 Å². The van der Waals surface area contributed by atoms with Crippen molar-refractivity contribution in [2.24, 2.45) is 11.8 Å². The summed E-state index contributed by atoms with van der Waals surface area (Å²) in [6.45, 7) is 9.67. The van der Waals surface area contributed by atoms with Gasteiger partial charge in [-0.15, -0.1) is 0 Å². The number of hydrogen-bond donors (Lipinski definition) is 0. The molecule has 0 aromatic carbocycles. The van der Waals surface area contributed by atoms with Crippen LogP contribution in [-0.4, -0.2) is 31.2 Å². The fourth-order valence-corrected chi connectivity index (χ4v) is 1.01. The van der Waals surface area contributed by atoms with Gasteiger partial charge in [0.1, 0.15) is 6.17 Å². The van der Waals surface area contributed by atoms with E-state index in [0.717, 1.165) is 6.54 Å². The molecule has 2 heteroatoms. The molecule has 0 fully saturated rings. The van der Waals surface area contributed by atoms with Gasteiger partial charge in [-0.05, 0) is 25.4 Å². The highest BCUT2D eigenvalue weighted by Crippen LogP contribution is 2.17. The minimum absolute atomic E-state index is 0.166. The van der Waals surface area contributed by atoms with E-state index in [4.69, 9.17) is 0 Å². The lowest BCUT2D eigenvalue weighted by Crippen LogP contribution is -2.32. The van der Waals surface area contributed by atoms with Crippen LogP contribution >= 0.6 is 0 Å². The van der Waals surface area contributed by atoms with Gasteiger partial charge < -0.3 is 4.90 Å². The zero-order valence-electron chi connectivity index (χ0n) is 8.97. The van der Waals surface area contributed by atoms with Gasteiger partial charge in [-0.1, -0.05) is 27.7 Å². The highest BCUT2D eigenvalue weighted by Gasteiger charge is 2.20. The zero-order chi connectivity index (χ0) is 9.72. The monoisotopic (exact) mass is 175 g/mol. The molecule has 0 aromatic heterocycles. The summed E-state index contributed by atoms with van der Waals surface area (Å²) in [5, 5.41) is 0. The minimum atomic E-state index is -0.685. The molecule has 0 rings (SSSR count). The Morgan fingerprint density at radius 2 is 1.75 bits per heavy atom. The number of nitrogens with zero attached hydrogens (tertiary/aromatic N) is 1. The molecule has 0 aliphatic rings. The van der Waals surface area contributed by atoms with Crippen molar-refractivity contribution in [3.63, 3.8) is 0 Å². The Morgan fingerprint density at radius 3 is 2.08 bits per heavy atom. The molecular formula is C10H22FN. The molecule has 2 atom stereocenters. The van der Waals surface area contributed by atoms with Gasteiger partial charge in [0.05, 0.1) is 0 Å². The van der Waals surface area contributed by atoms with Gasteiger partial charge in [0.15, 0.2) is 0 Å². The van der Waals surface area contributed by atoms with Gasteiger partial charge in [-0.3, -0.25) is 0 Å². The molecule has 1 nitrogen and oxygen atoms in total. The first-order chi connectivity index (χ1) is 5.49. The Bertz CT molecular complexity index is 114. The van der Waals surface area contributed by atoms with Crippen molar-refractivity contribution in [1.82, 2.24) is 4.90 Å². The molecule has 0 saturated heterocycles. The van der Waals surface area contributed by atoms with Crippen LogP contribution in [0.1, 0.15) is 27.7 Å². The van der Waals surface area contributed by atoms with Crippen LogP contribution in [0, 0.1) is 11.8 Å². The van der Waals surface area contributed by atoms with Crippen molar-refractivity contribution in [1.29, 1.82) is 0 Å². The van der Waals surface area contributed by atoms with Crippen LogP contribution in [0.4, 0.5) is 4.39 Å². The van der Waals surface area contributed by atoms with E-state index >= 15 is 0 Å². The number of rotatable bonds is 5. The van der Waals surface area contributed by atoms with Crippen LogP contribution in [0.25, 0.3) is 0 Å². The molecule has 0 heterocycles. The van der Waals surface area contributed by atoms with Crippen LogP contribution in [-0.2, 0) is 0 Å². The molecule has 74 valence electrons. The summed E-state index contributed by atoms with van der Waals surface area (Å²) in [5.74, 6) is 0.601. The summed E-state index contributed by atoms with van der Waals surface area (Å²) in [5.41, 5.74) is 0. The number of halogens is 1. The maximum Gasteiger partial charge on any atom is 0.115 e. The highest BCUT2D eigenvalue weighted by atomic mass is 19.1. The van der Waals surface area contributed by atoms with Gasteiger partial charge >= 0.3 is 0 Å². The highest BCUT2D eigenvalue weighted by molar-refractivity contribution is 4.70. The number of hydrogen-bond acceptors (Lipinski definition) is 1. The third-order valence-corrected chi connectivity index (χ3v) is 2.65. The molecule has 0 saturated carbocycles. The van der Waals surface area contributed by atoms with Crippen molar-refractivity contribution in [2.75, 3.05) is 20.1 Å². The fourth-order valence-electron chi connectivity index (χ4n) is 1.01. The van der Waals surface area contributed by atoms with Gasteiger partial charge in [0.2, 0.25) is 0 Å².